The lowest BCUT2D eigenvalue weighted by Gasteiger charge is -2.32. The van der Waals surface area contributed by atoms with Crippen LogP contribution in [0.4, 0.5) is 18.9 Å². The number of hydrogen-bond donors (Lipinski definition) is 0. The van der Waals surface area contributed by atoms with Crippen LogP contribution in [-0.4, -0.2) is 13.1 Å². The van der Waals surface area contributed by atoms with E-state index in [2.05, 4.69) is 0 Å². The minimum atomic E-state index is -4.51. The number of anilines is 1. The van der Waals surface area contributed by atoms with Crippen molar-refractivity contribution in [1.29, 1.82) is 5.26 Å². The molecule has 21 heavy (non-hydrogen) atoms. The van der Waals surface area contributed by atoms with Gasteiger partial charge >= 0.3 is 6.18 Å². The third-order valence-corrected chi connectivity index (χ3v) is 2.95. The summed E-state index contributed by atoms with van der Waals surface area (Å²) >= 11 is 0. The van der Waals surface area contributed by atoms with E-state index in [0.29, 0.717) is 18.8 Å². The maximum Gasteiger partial charge on any atom is 0.417 e. The molecular formula is C16H21F3N2. The molecule has 5 heteroatoms. The summed E-state index contributed by atoms with van der Waals surface area (Å²) in [6.45, 7) is 9.46. The summed E-state index contributed by atoms with van der Waals surface area (Å²) in [7, 11) is 0. The first-order valence-corrected chi connectivity index (χ1v) is 6.95. The Morgan fingerprint density at radius 3 is 2.24 bits per heavy atom. The number of rotatable bonds is 4. The zero-order chi connectivity index (χ0) is 16.3. The van der Waals surface area contributed by atoms with Crippen molar-refractivity contribution in [3.8, 4) is 6.07 Å². The fraction of sp³-hybridized carbons (Fsp3) is 0.562. The number of nitrogens with zero attached hydrogens (tertiary/aromatic N) is 2. The summed E-state index contributed by atoms with van der Waals surface area (Å²) in [6, 6.07) is 5.54. The van der Waals surface area contributed by atoms with Gasteiger partial charge in [0.05, 0.1) is 17.2 Å². The van der Waals surface area contributed by atoms with Gasteiger partial charge in [0.25, 0.3) is 0 Å². The molecule has 0 fully saturated rings. The topological polar surface area (TPSA) is 27.0 Å². The first-order chi connectivity index (χ1) is 9.58. The average molecular weight is 298 g/mol. The standard InChI is InChI=1S/C16H21F3N2/c1-5-8-21(11-15(2,3)4)13-7-6-12(10-20)14(9-13)16(17,18)19/h6-7,9H,5,8,11H2,1-4H3. The molecule has 1 rings (SSSR count). The van der Waals surface area contributed by atoms with Crippen molar-refractivity contribution in [3.63, 3.8) is 0 Å². The van der Waals surface area contributed by atoms with Crippen LogP contribution >= 0.6 is 0 Å². The van der Waals surface area contributed by atoms with Crippen LogP contribution in [-0.2, 0) is 6.18 Å². The predicted molar refractivity (Wildman–Crippen MR) is 78.1 cm³/mol. The number of nitriles is 1. The van der Waals surface area contributed by atoms with Crippen LogP contribution in [0.2, 0.25) is 0 Å². The molecule has 0 saturated carbocycles. The maximum absolute atomic E-state index is 13.0. The molecule has 0 amide bonds. The lowest BCUT2D eigenvalue weighted by molar-refractivity contribution is -0.137. The fourth-order valence-electron chi connectivity index (χ4n) is 2.20. The van der Waals surface area contributed by atoms with Crippen molar-refractivity contribution >= 4 is 5.69 Å². The summed E-state index contributed by atoms with van der Waals surface area (Å²) in [5.74, 6) is 0. The molecule has 0 aliphatic rings. The van der Waals surface area contributed by atoms with E-state index >= 15 is 0 Å². The number of hydrogen-bond acceptors (Lipinski definition) is 2. The van der Waals surface area contributed by atoms with Gasteiger partial charge in [-0.3, -0.25) is 0 Å². The van der Waals surface area contributed by atoms with E-state index in [0.717, 1.165) is 12.5 Å². The summed E-state index contributed by atoms with van der Waals surface area (Å²) in [5.41, 5.74) is -0.712. The van der Waals surface area contributed by atoms with Crippen molar-refractivity contribution in [2.24, 2.45) is 5.41 Å². The maximum atomic E-state index is 13.0. The van der Waals surface area contributed by atoms with E-state index < -0.39 is 11.7 Å². The first kappa shape index (κ1) is 17.4. The molecule has 0 N–H and O–H groups in total. The Kier molecular flexibility index (Phi) is 5.27. The number of benzene rings is 1. The molecule has 0 radical (unpaired) electrons. The molecule has 2 nitrogen and oxygen atoms in total. The predicted octanol–water partition coefficient (Wildman–Crippen LogP) is 4.84. The fourth-order valence-corrected chi connectivity index (χ4v) is 2.20. The molecule has 1 aromatic carbocycles. The largest absolute Gasteiger partial charge is 0.417 e. The average Bonchev–Trinajstić information content (AvgIpc) is 2.35. The lowest BCUT2D eigenvalue weighted by atomic mass is 9.95. The molecule has 1 aromatic rings. The summed E-state index contributed by atoms with van der Waals surface area (Å²) in [4.78, 5) is 1.94. The first-order valence-electron chi connectivity index (χ1n) is 6.95. The quantitative estimate of drug-likeness (QED) is 0.795. The Bertz CT molecular complexity index is 522. The normalized spacial score (nSPS) is 12.1. The second-order valence-corrected chi connectivity index (χ2v) is 6.32. The van der Waals surface area contributed by atoms with Gasteiger partial charge in [-0.2, -0.15) is 18.4 Å². The van der Waals surface area contributed by atoms with E-state index in [9.17, 15) is 13.2 Å². The van der Waals surface area contributed by atoms with Gasteiger partial charge in [0, 0.05) is 18.8 Å². The third kappa shape index (κ3) is 4.96. The second kappa shape index (κ2) is 6.38. The van der Waals surface area contributed by atoms with Crippen molar-refractivity contribution in [1.82, 2.24) is 0 Å². The van der Waals surface area contributed by atoms with Crippen molar-refractivity contribution < 1.29 is 13.2 Å². The van der Waals surface area contributed by atoms with Gasteiger partial charge in [0.2, 0.25) is 0 Å². The molecule has 0 atom stereocenters. The van der Waals surface area contributed by atoms with Crippen LogP contribution in [0.15, 0.2) is 18.2 Å². The van der Waals surface area contributed by atoms with Crippen molar-refractivity contribution in [2.45, 2.75) is 40.3 Å². The smallest absolute Gasteiger partial charge is 0.371 e. The highest BCUT2D eigenvalue weighted by atomic mass is 19.4. The second-order valence-electron chi connectivity index (χ2n) is 6.32. The van der Waals surface area contributed by atoms with E-state index in [-0.39, 0.29) is 11.0 Å². The number of alkyl halides is 3. The van der Waals surface area contributed by atoms with Crippen LogP contribution in [0.3, 0.4) is 0 Å². The Morgan fingerprint density at radius 2 is 1.81 bits per heavy atom. The van der Waals surface area contributed by atoms with Crippen LogP contribution < -0.4 is 4.90 Å². The molecule has 116 valence electrons. The van der Waals surface area contributed by atoms with E-state index in [4.69, 9.17) is 5.26 Å². The highest BCUT2D eigenvalue weighted by Crippen LogP contribution is 2.35. The molecular weight excluding hydrogens is 277 g/mol. The molecule has 0 aliphatic heterocycles. The van der Waals surface area contributed by atoms with Gasteiger partial charge in [-0.1, -0.05) is 27.7 Å². The Morgan fingerprint density at radius 1 is 1.19 bits per heavy atom. The highest BCUT2D eigenvalue weighted by molar-refractivity contribution is 5.55. The summed E-state index contributed by atoms with van der Waals surface area (Å²) in [6.07, 6.45) is -3.67. The van der Waals surface area contributed by atoms with Gasteiger partial charge in [-0.25, -0.2) is 0 Å². The number of halogens is 3. The van der Waals surface area contributed by atoms with Gasteiger partial charge in [-0.05, 0) is 30.0 Å². The SMILES string of the molecule is CCCN(CC(C)(C)C)c1ccc(C#N)c(C(F)(F)F)c1. The molecule has 0 heterocycles. The van der Waals surface area contributed by atoms with Crippen molar-refractivity contribution in [2.75, 3.05) is 18.0 Å². The molecule has 0 spiro atoms. The minimum absolute atomic E-state index is 0.0263. The monoisotopic (exact) mass is 298 g/mol. The minimum Gasteiger partial charge on any atom is -0.371 e. The summed E-state index contributed by atoms with van der Waals surface area (Å²) < 4.78 is 39.1. The van der Waals surface area contributed by atoms with Crippen LogP contribution in [0, 0.1) is 16.7 Å². The highest BCUT2D eigenvalue weighted by Gasteiger charge is 2.34. The van der Waals surface area contributed by atoms with Crippen LogP contribution in [0.5, 0.6) is 0 Å². The summed E-state index contributed by atoms with van der Waals surface area (Å²) in [5, 5.41) is 8.84. The third-order valence-electron chi connectivity index (χ3n) is 2.95. The zero-order valence-electron chi connectivity index (χ0n) is 12.9. The van der Waals surface area contributed by atoms with Gasteiger partial charge < -0.3 is 4.90 Å². The molecule has 0 saturated heterocycles. The Hall–Kier alpha value is -1.70. The van der Waals surface area contributed by atoms with Gasteiger partial charge in [-0.15, -0.1) is 0 Å². The van der Waals surface area contributed by atoms with Gasteiger partial charge in [0.15, 0.2) is 0 Å². The molecule has 0 unspecified atom stereocenters. The van der Waals surface area contributed by atoms with E-state index in [1.54, 1.807) is 12.1 Å². The molecule has 0 aliphatic carbocycles. The van der Waals surface area contributed by atoms with E-state index in [1.807, 2.05) is 32.6 Å². The Labute approximate surface area is 124 Å². The molecule has 0 aromatic heterocycles. The zero-order valence-corrected chi connectivity index (χ0v) is 12.9. The van der Waals surface area contributed by atoms with Crippen LogP contribution in [0.25, 0.3) is 0 Å². The lowest BCUT2D eigenvalue weighted by Crippen LogP contribution is -2.33. The van der Waals surface area contributed by atoms with Crippen molar-refractivity contribution in [3.05, 3.63) is 29.3 Å². The molecule has 0 bridgehead atoms. The Balaban J connectivity index is 3.25. The van der Waals surface area contributed by atoms with E-state index in [1.165, 1.54) is 6.07 Å². The van der Waals surface area contributed by atoms with Gasteiger partial charge in [0.1, 0.15) is 0 Å². The van der Waals surface area contributed by atoms with Crippen LogP contribution in [0.1, 0.15) is 45.2 Å².